The van der Waals surface area contributed by atoms with Crippen LogP contribution in [0.5, 0.6) is 5.75 Å². The Labute approximate surface area is 120 Å². The predicted octanol–water partition coefficient (Wildman–Crippen LogP) is 2.79. The molecule has 0 aliphatic carbocycles. The highest BCUT2D eigenvalue weighted by Gasteiger charge is 2.27. The van der Waals surface area contributed by atoms with Crippen molar-refractivity contribution in [2.24, 2.45) is 5.92 Å². The Morgan fingerprint density at radius 3 is 2.50 bits per heavy atom. The lowest BCUT2D eigenvalue weighted by Gasteiger charge is -2.14. The Kier molecular flexibility index (Phi) is 6.77. The van der Waals surface area contributed by atoms with Crippen LogP contribution in [0, 0.1) is 5.92 Å². The average molecular weight is 278 g/mol. The maximum Gasteiger partial charge on any atom is 0.316 e. The standard InChI is InChI=1S/C16H22O4/c1-4-5-9-13(16(18)20-3)14(17)11-12-8-6-7-10-15(12)19-2/h6-8,10,13H,4-5,9,11H2,1-3H3. The normalized spacial score (nSPS) is 11.8. The van der Waals surface area contributed by atoms with Crippen molar-refractivity contribution >= 4 is 11.8 Å². The molecule has 0 saturated carbocycles. The zero-order chi connectivity index (χ0) is 15.0. The van der Waals surface area contributed by atoms with E-state index in [1.54, 1.807) is 7.11 Å². The van der Waals surface area contributed by atoms with Gasteiger partial charge in [0, 0.05) is 12.0 Å². The number of para-hydroxylation sites is 1. The highest BCUT2D eigenvalue weighted by atomic mass is 16.5. The number of Topliss-reactive ketones (excluding diaryl/α,β-unsaturated/α-hetero) is 1. The Balaban J connectivity index is 2.82. The fourth-order valence-corrected chi connectivity index (χ4v) is 2.12. The van der Waals surface area contributed by atoms with Gasteiger partial charge in [0.05, 0.1) is 14.2 Å². The molecule has 0 heterocycles. The lowest BCUT2D eigenvalue weighted by atomic mass is 9.93. The van der Waals surface area contributed by atoms with Crippen molar-refractivity contribution in [3.8, 4) is 5.75 Å². The van der Waals surface area contributed by atoms with Crippen LogP contribution in [0.25, 0.3) is 0 Å². The average Bonchev–Trinajstić information content (AvgIpc) is 2.47. The second-order valence-electron chi connectivity index (χ2n) is 4.67. The molecule has 1 aromatic rings. The van der Waals surface area contributed by atoms with E-state index >= 15 is 0 Å². The van der Waals surface area contributed by atoms with Gasteiger partial charge in [0.15, 0.2) is 5.78 Å². The van der Waals surface area contributed by atoms with Crippen molar-refractivity contribution in [2.45, 2.75) is 32.6 Å². The number of unbranched alkanes of at least 4 members (excludes halogenated alkanes) is 1. The summed E-state index contributed by atoms with van der Waals surface area (Å²) in [7, 11) is 2.88. The van der Waals surface area contributed by atoms with Crippen LogP contribution in [0.1, 0.15) is 31.7 Å². The molecular formula is C16H22O4. The van der Waals surface area contributed by atoms with Crippen LogP contribution >= 0.6 is 0 Å². The summed E-state index contributed by atoms with van der Waals surface area (Å²) in [6, 6.07) is 7.35. The van der Waals surface area contributed by atoms with Crippen molar-refractivity contribution in [3.63, 3.8) is 0 Å². The van der Waals surface area contributed by atoms with Crippen LogP contribution in [-0.2, 0) is 20.7 Å². The SMILES string of the molecule is CCCCC(C(=O)Cc1ccccc1OC)C(=O)OC. The van der Waals surface area contributed by atoms with Crippen LogP contribution in [-0.4, -0.2) is 26.0 Å². The molecule has 1 rings (SSSR count). The summed E-state index contributed by atoms with van der Waals surface area (Å²) in [5.74, 6) is -0.571. The molecule has 1 unspecified atom stereocenters. The maximum atomic E-state index is 12.3. The fraction of sp³-hybridized carbons (Fsp3) is 0.500. The summed E-state index contributed by atoms with van der Waals surface area (Å²) in [6.45, 7) is 2.03. The zero-order valence-corrected chi connectivity index (χ0v) is 12.3. The van der Waals surface area contributed by atoms with Gasteiger partial charge in [-0.05, 0) is 12.5 Å². The summed E-state index contributed by atoms with van der Waals surface area (Å²) in [4.78, 5) is 24.1. The lowest BCUT2D eigenvalue weighted by Crippen LogP contribution is -2.27. The van der Waals surface area contributed by atoms with E-state index in [1.807, 2.05) is 31.2 Å². The van der Waals surface area contributed by atoms with Gasteiger partial charge in [0.1, 0.15) is 11.7 Å². The fourth-order valence-electron chi connectivity index (χ4n) is 2.12. The highest BCUT2D eigenvalue weighted by Crippen LogP contribution is 2.21. The first-order valence-electron chi connectivity index (χ1n) is 6.86. The molecule has 110 valence electrons. The molecule has 0 aromatic heterocycles. The van der Waals surface area contributed by atoms with E-state index in [0.717, 1.165) is 18.4 Å². The number of esters is 1. The third-order valence-electron chi connectivity index (χ3n) is 3.28. The van der Waals surface area contributed by atoms with Gasteiger partial charge < -0.3 is 9.47 Å². The topological polar surface area (TPSA) is 52.6 Å². The molecule has 0 fully saturated rings. The quantitative estimate of drug-likeness (QED) is 0.542. The van der Waals surface area contributed by atoms with Gasteiger partial charge in [-0.3, -0.25) is 9.59 Å². The second-order valence-corrected chi connectivity index (χ2v) is 4.67. The lowest BCUT2D eigenvalue weighted by molar-refractivity contribution is -0.149. The van der Waals surface area contributed by atoms with E-state index in [-0.39, 0.29) is 12.2 Å². The predicted molar refractivity (Wildman–Crippen MR) is 76.7 cm³/mol. The van der Waals surface area contributed by atoms with Crippen molar-refractivity contribution in [1.29, 1.82) is 0 Å². The summed E-state index contributed by atoms with van der Waals surface area (Å²) in [5.41, 5.74) is 0.797. The summed E-state index contributed by atoms with van der Waals surface area (Å²) in [5, 5.41) is 0. The number of ether oxygens (including phenoxy) is 2. The number of rotatable bonds is 8. The molecule has 20 heavy (non-hydrogen) atoms. The molecular weight excluding hydrogens is 256 g/mol. The summed E-state index contributed by atoms with van der Waals surface area (Å²) < 4.78 is 9.96. The van der Waals surface area contributed by atoms with E-state index in [9.17, 15) is 9.59 Å². The smallest absolute Gasteiger partial charge is 0.316 e. The summed E-state index contributed by atoms with van der Waals surface area (Å²) >= 11 is 0. The number of methoxy groups -OCH3 is 2. The zero-order valence-electron chi connectivity index (χ0n) is 12.3. The molecule has 0 spiro atoms. The monoisotopic (exact) mass is 278 g/mol. The van der Waals surface area contributed by atoms with E-state index in [0.29, 0.717) is 12.2 Å². The minimum atomic E-state index is -0.676. The molecule has 4 nitrogen and oxygen atoms in total. The van der Waals surface area contributed by atoms with Gasteiger partial charge in [-0.15, -0.1) is 0 Å². The van der Waals surface area contributed by atoms with Gasteiger partial charge in [0.25, 0.3) is 0 Å². The third kappa shape index (κ3) is 4.37. The molecule has 1 atom stereocenters. The molecule has 0 saturated heterocycles. The van der Waals surface area contributed by atoms with Crippen molar-refractivity contribution in [1.82, 2.24) is 0 Å². The van der Waals surface area contributed by atoms with Crippen LogP contribution in [0.15, 0.2) is 24.3 Å². The van der Waals surface area contributed by atoms with Gasteiger partial charge in [-0.1, -0.05) is 38.0 Å². The van der Waals surface area contributed by atoms with Crippen LogP contribution in [0.2, 0.25) is 0 Å². The van der Waals surface area contributed by atoms with Gasteiger partial charge in [0.2, 0.25) is 0 Å². The van der Waals surface area contributed by atoms with Gasteiger partial charge >= 0.3 is 5.97 Å². The first-order valence-corrected chi connectivity index (χ1v) is 6.86. The molecule has 0 bridgehead atoms. The van der Waals surface area contributed by atoms with Crippen LogP contribution < -0.4 is 4.74 Å². The third-order valence-corrected chi connectivity index (χ3v) is 3.28. The number of hydrogen-bond acceptors (Lipinski definition) is 4. The van der Waals surface area contributed by atoms with Crippen molar-refractivity contribution in [3.05, 3.63) is 29.8 Å². The number of ketones is 1. The highest BCUT2D eigenvalue weighted by molar-refractivity contribution is 6.00. The van der Waals surface area contributed by atoms with E-state index in [2.05, 4.69) is 0 Å². The molecule has 0 aliphatic heterocycles. The number of benzene rings is 1. The van der Waals surface area contributed by atoms with E-state index in [4.69, 9.17) is 9.47 Å². The maximum absolute atomic E-state index is 12.3. The number of hydrogen-bond donors (Lipinski definition) is 0. The number of carbonyl (C=O) groups excluding carboxylic acids is 2. The van der Waals surface area contributed by atoms with Gasteiger partial charge in [-0.25, -0.2) is 0 Å². The first-order chi connectivity index (χ1) is 9.63. The Hall–Kier alpha value is -1.84. The van der Waals surface area contributed by atoms with E-state index < -0.39 is 11.9 Å². The van der Waals surface area contributed by atoms with Crippen LogP contribution in [0.3, 0.4) is 0 Å². The molecule has 0 radical (unpaired) electrons. The molecule has 0 N–H and O–H groups in total. The van der Waals surface area contributed by atoms with E-state index in [1.165, 1.54) is 7.11 Å². The van der Waals surface area contributed by atoms with Crippen molar-refractivity contribution < 1.29 is 19.1 Å². The molecule has 0 aliphatic rings. The second kappa shape index (κ2) is 8.35. The van der Waals surface area contributed by atoms with Crippen LogP contribution in [0.4, 0.5) is 0 Å². The Morgan fingerprint density at radius 1 is 1.20 bits per heavy atom. The Bertz CT molecular complexity index is 454. The largest absolute Gasteiger partial charge is 0.496 e. The molecule has 4 heteroatoms. The minimum absolute atomic E-state index is 0.116. The Morgan fingerprint density at radius 2 is 1.90 bits per heavy atom. The number of carbonyl (C=O) groups is 2. The molecule has 0 amide bonds. The minimum Gasteiger partial charge on any atom is -0.496 e. The van der Waals surface area contributed by atoms with Gasteiger partial charge in [-0.2, -0.15) is 0 Å². The first kappa shape index (κ1) is 16.2. The molecule has 1 aromatic carbocycles. The van der Waals surface area contributed by atoms with Crippen molar-refractivity contribution in [2.75, 3.05) is 14.2 Å². The summed E-state index contributed by atoms with van der Waals surface area (Å²) in [6.07, 6.45) is 2.50.